The fourth-order valence-electron chi connectivity index (χ4n) is 4.32. The van der Waals surface area contributed by atoms with Gasteiger partial charge >= 0.3 is 0 Å². The van der Waals surface area contributed by atoms with E-state index >= 15 is 4.39 Å². The van der Waals surface area contributed by atoms with Crippen LogP contribution in [0.5, 0.6) is 0 Å². The molecule has 0 spiro atoms. The predicted octanol–water partition coefficient (Wildman–Crippen LogP) is 5.44. The van der Waals surface area contributed by atoms with E-state index in [1.807, 2.05) is 0 Å². The van der Waals surface area contributed by atoms with Gasteiger partial charge in [-0.25, -0.2) is 13.8 Å². The number of Topliss-reactive ketones (excluding diaryl/α,β-unsaturated/α-hetero) is 1. The lowest BCUT2D eigenvalue weighted by Crippen LogP contribution is -2.15. The second kappa shape index (κ2) is 8.47. The van der Waals surface area contributed by atoms with Crippen LogP contribution in [0.1, 0.15) is 44.6 Å². The average Bonchev–Trinajstić information content (AvgIpc) is 3.17. The van der Waals surface area contributed by atoms with Gasteiger partial charge in [-0.15, -0.1) is 0 Å². The molecule has 1 aliphatic carbocycles. The van der Waals surface area contributed by atoms with E-state index in [-0.39, 0.29) is 29.6 Å². The summed E-state index contributed by atoms with van der Waals surface area (Å²) in [5.74, 6) is -1.64. The Hall–Kier alpha value is -3.33. The van der Waals surface area contributed by atoms with Crippen LogP contribution in [0, 0.1) is 11.7 Å². The molecule has 1 fully saturated rings. The number of alkyl halides is 1. The van der Waals surface area contributed by atoms with E-state index in [1.165, 1.54) is 0 Å². The zero-order chi connectivity index (χ0) is 24.1. The summed E-state index contributed by atoms with van der Waals surface area (Å²) in [5.41, 5.74) is 2.46. The molecular formula is C24H22ClF2N5O2. The van der Waals surface area contributed by atoms with Crippen molar-refractivity contribution in [3.63, 3.8) is 0 Å². The SMILES string of the molecule is CCC(=O)CC(C)c1c(F)c(Cl)c(-c2ccc3nc(NC(=O)[C@@H]4C[C@@H]4F)cn3c2)c2cn[nH]c12. The molecule has 1 unspecified atom stereocenters. The molecule has 176 valence electrons. The van der Waals surface area contributed by atoms with Crippen LogP contribution in [0.3, 0.4) is 0 Å². The van der Waals surface area contributed by atoms with Crippen molar-refractivity contribution in [1.29, 1.82) is 0 Å². The van der Waals surface area contributed by atoms with Crippen molar-refractivity contribution >= 4 is 45.7 Å². The van der Waals surface area contributed by atoms with E-state index in [1.54, 1.807) is 49.0 Å². The van der Waals surface area contributed by atoms with Gasteiger partial charge in [0.1, 0.15) is 23.4 Å². The zero-order valence-electron chi connectivity index (χ0n) is 18.5. The van der Waals surface area contributed by atoms with Gasteiger partial charge in [-0.05, 0) is 24.5 Å². The maximum Gasteiger partial charge on any atom is 0.231 e. The van der Waals surface area contributed by atoms with Gasteiger partial charge in [-0.2, -0.15) is 5.10 Å². The Balaban J connectivity index is 1.55. The number of benzene rings is 1. The second-order valence-corrected chi connectivity index (χ2v) is 9.11. The summed E-state index contributed by atoms with van der Waals surface area (Å²) < 4.78 is 30.4. The molecule has 3 aromatic heterocycles. The monoisotopic (exact) mass is 485 g/mol. The molecule has 7 nitrogen and oxygen atoms in total. The smallest absolute Gasteiger partial charge is 0.231 e. The number of fused-ring (bicyclic) bond motifs is 2. The number of hydrogen-bond acceptors (Lipinski definition) is 4. The summed E-state index contributed by atoms with van der Waals surface area (Å²) in [6.45, 7) is 3.57. The summed E-state index contributed by atoms with van der Waals surface area (Å²) in [6, 6.07) is 3.47. The highest BCUT2D eigenvalue weighted by Crippen LogP contribution is 2.42. The van der Waals surface area contributed by atoms with Gasteiger partial charge in [0.25, 0.3) is 0 Å². The van der Waals surface area contributed by atoms with Crippen molar-refractivity contribution in [2.75, 3.05) is 5.32 Å². The van der Waals surface area contributed by atoms with Crippen molar-refractivity contribution in [1.82, 2.24) is 19.6 Å². The number of aromatic nitrogens is 4. The highest BCUT2D eigenvalue weighted by molar-refractivity contribution is 6.35. The molecule has 34 heavy (non-hydrogen) atoms. The fraction of sp³-hybridized carbons (Fsp3) is 0.333. The Morgan fingerprint density at radius 2 is 2.12 bits per heavy atom. The molecule has 1 saturated carbocycles. The van der Waals surface area contributed by atoms with Crippen molar-refractivity contribution < 1.29 is 18.4 Å². The van der Waals surface area contributed by atoms with Gasteiger partial charge in [0.2, 0.25) is 5.91 Å². The third-order valence-electron chi connectivity index (χ3n) is 6.29. The standard InChI is InChI=1S/C24H22ClF2N5O2/c1-3-13(33)6-11(2)19-22(27)21(25)20(15-8-28-31-23(15)19)12-4-5-18-29-17(10-32(18)9-12)30-24(34)14-7-16(14)26/h4-5,8-11,14,16H,3,6-7H2,1-2H3,(H,28,31)(H,30,34)/t11?,14-,16+/m1/s1. The number of rotatable bonds is 7. The van der Waals surface area contributed by atoms with Crippen LogP contribution >= 0.6 is 11.6 Å². The first-order chi connectivity index (χ1) is 16.3. The lowest BCUT2D eigenvalue weighted by atomic mass is 9.90. The van der Waals surface area contributed by atoms with Gasteiger partial charge in [0.15, 0.2) is 5.82 Å². The minimum atomic E-state index is -1.09. The lowest BCUT2D eigenvalue weighted by molar-refractivity contribution is -0.119. The Labute approximate surface area is 198 Å². The molecule has 3 atom stereocenters. The van der Waals surface area contributed by atoms with Crippen LogP contribution in [0.4, 0.5) is 14.6 Å². The number of carbonyl (C=O) groups is 2. The molecule has 0 radical (unpaired) electrons. The fourth-order valence-corrected chi connectivity index (χ4v) is 4.64. The Kier molecular flexibility index (Phi) is 5.59. The van der Waals surface area contributed by atoms with E-state index < -0.39 is 23.8 Å². The molecule has 5 rings (SSSR count). The number of ketones is 1. The van der Waals surface area contributed by atoms with E-state index in [9.17, 15) is 14.0 Å². The first-order valence-corrected chi connectivity index (χ1v) is 11.5. The Bertz CT molecular complexity index is 1450. The molecular weight excluding hydrogens is 464 g/mol. The van der Waals surface area contributed by atoms with Crippen LogP contribution in [-0.2, 0) is 9.59 Å². The van der Waals surface area contributed by atoms with E-state index in [4.69, 9.17) is 11.6 Å². The summed E-state index contributed by atoms with van der Waals surface area (Å²) >= 11 is 6.54. The molecule has 10 heteroatoms. The number of nitrogens with one attached hydrogen (secondary N) is 2. The number of pyridine rings is 1. The highest BCUT2D eigenvalue weighted by atomic mass is 35.5. The number of carbonyl (C=O) groups excluding carboxylic acids is 2. The summed E-state index contributed by atoms with van der Waals surface area (Å²) in [4.78, 5) is 28.3. The van der Waals surface area contributed by atoms with Crippen LogP contribution in [0.2, 0.25) is 5.02 Å². The third kappa shape index (κ3) is 3.83. The maximum atomic E-state index is 15.5. The number of hydrogen-bond donors (Lipinski definition) is 2. The molecule has 1 aromatic carbocycles. The number of amides is 1. The van der Waals surface area contributed by atoms with E-state index in [0.29, 0.717) is 45.5 Å². The molecule has 3 heterocycles. The van der Waals surface area contributed by atoms with E-state index in [2.05, 4.69) is 20.5 Å². The van der Waals surface area contributed by atoms with Crippen molar-refractivity contribution in [2.24, 2.45) is 5.92 Å². The van der Waals surface area contributed by atoms with Crippen molar-refractivity contribution in [3.8, 4) is 11.1 Å². The summed E-state index contributed by atoms with van der Waals surface area (Å²) in [6.07, 6.45) is 4.64. The number of halogens is 3. The Morgan fingerprint density at radius 1 is 1.35 bits per heavy atom. The number of aromatic amines is 1. The highest BCUT2D eigenvalue weighted by Gasteiger charge is 2.43. The Morgan fingerprint density at radius 3 is 2.82 bits per heavy atom. The molecule has 2 N–H and O–H groups in total. The number of anilines is 1. The predicted molar refractivity (Wildman–Crippen MR) is 125 cm³/mol. The third-order valence-corrected chi connectivity index (χ3v) is 6.64. The van der Waals surface area contributed by atoms with Crippen molar-refractivity contribution in [3.05, 3.63) is 47.1 Å². The van der Waals surface area contributed by atoms with E-state index in [0.717, 1.165) is 0 Å². The summed E-state index contributed by atoms with van der Waals surface area (Å²) in [5, 5.41) is 10.2. The molecule has 4 aromatic rings. The van der Waals surface area contributed by atoms with Gasteiger partial charge in [0.05, 0.1) is 28.9 Å². The first-order valence-electron chi connectivity index (χ1n) is 11.1. The van der Waals surface area contributed by atoms with Gasteiger partial charge in [-0.3, -0.25) is 14.7 Å². The first kappa shape index (κ1) is 22.5. The molecule has 1 amide bonds. The average molecular weight is 486 g/mol. The largest absolute Gasteiger partial charge is 0.309 e. The number of H-pyrrole nitrogens is 1. The topological polar surface area (TPSA) is 92.2 Å². The minimum Gasteiger partial charge on any atom is -0.309 e. The second-order valence-electron chi connectivity index (χ2n) is 8.73. The van der Waals surface area contributed by atoms with Crippen LogP contribution in [0.15, 0.2) is 30.7 Å². The lowest BCUT2D eigenvalue weighted by Gasteiger charge is -2.17. The van der Waals surface area contributed by atoms with Crippen molar-refractivity contribution in [2.45, 2.75) is 45.2 Å². The maximum absolute atomic E-state index is 15.5. The van der Waals surface area contributed by atoms with Gasteiger partial charge < -0.3 is 9.72 Å². The zero-order valence-corrected chi connectivity index (χ0v) is 19.3. The number of imidazole rings is 1. The van der Waals surface area contributed by atoms with Crippen LogP contribution in [-0.4, -0.2) is 37.4 Å². The van der Waals surface area contributed by atoms with Crippen LogP contribution < -0.4 is 5.32 Å². The molecule has 0 bridgehead atoms. The van der Waals surface area contributed by atoms with Gasteiger partial charge in [-0.1, -0.05) is 25.4 Å². The molecule has 1 aliphatic rings. The summed E-state index contributed by atoms with van der Waals surface area (Å²) in [7, 11) is 0. The minimum absolute atomic E-state index is 0.0388. The van der Waals surface area contributed by atoms with Crippen LogP contribution in [0.25, 0.3) is 27.7 Å². The van der Waals surface area contributed by atoms with Gasteiger partial charge in [0, 0.05) is 41.1 Å². The number of nitrogens with zero attached hydrogens (tertiary/aromatic N) is 3. The molecule has 0 saturated heterocycles. The normalized spacial score (nSPS) is 18.4. The molecule has 0 aliphatic heterocycles. The quantitative estimate of drug-likeness (QED) is 0.364.